The zero-order valence-electron chi connectivity index (χ0n) is 13.2. The van der Waals surface area contributed by atoms with Crippen LogP contribution in [0.4, 0.5) is 5.69 Å². The van der Waals surface area contributed by atoms with Crippen molar-refractivity contribution in [2.45, 2.75) is 19.8 Å². The lowest BCUT2D eigenvalue weighted by molar-refractivity contribution is -0.130. The number of carbonyl (C=O) groups excluding carboxylic acids is 1. The van der Waals surface area contributed by atoms with Gasteiger partial charge in [0.15, 0.2) is 11.5 Å². The van der Waals surface area contributed by atoms with Gasteiger partial charge >= 0.3 is 0 Å². The van der Waals surface area contributed by atoms with Crippen molar-refractivity contribution in [2.75, 3.05) is 38.8 Å². The van der Waals surface area contributed by atoms with Gasteiger partial charge in [-0.25, -0.2) is 0 Å². The highest BCUT2D eigenvalue weighted by Crippen LogP contribution is 2.33. The summed E-state index contributed by atoms with van der Waals surface area (Å²) in [7, 11) is 1.57. The molecule has 1 aliphatic rings. The van der Waals surface area contributed by atoms with Crippen LogP contribution in [-0.2, 0) is 9.53 Å². The molecule has 1 heterocycles. The highest BCUT2D eigenvalue weighted by atomic mass is 16.5. The maximum atomic E-state index is 12.6. The van der Waals surface area contributed by atoms with E-state index in [2.05, 4.69) is 5.32 Å². The number of anilines is 1. The monoisotopic (exact) mass is 308 g/mol. The fourth-order valence-electron chi connectivity index (χ4n) is 2.57. The molecule has 1 aromatic rings. The van der Waals surface area contributed by atoms with Crippen LogP contribution in [0.25, 0.3) is 0 Å². The summed E-state index contributed by atoms with van der Waals surface area (Å²) in [5.74, 6) is 1.18. The van der Waals surface area contributed by atoms with Crippen molar-refractivity contribution < 1.29 is 19.0 Å². The molecule has 0 saturated carbocycles. The predicted octanol–water partition coefficient (Wildman–Crippen LogP) is 1.79. The maximum Gasteiger partial charge on any atom is 0.232 e. The summed E-state index contributed by atoms with van der Waals surface area (Å²) < 4.78 is 16.1. The van der Waals surface area contributed by atoms with E-state index < -0.39 is 5.41 Å². The van der Waals surface area contributed by atoms with Gasteiger partial charge in [0, 0.05) is 31.5 Å². The molecular formula is C16H24N2O4. The van der Waals surface area contributed by atoms with Gasteiger partial charge in [0.25, 0.3) is 0 Å². The van der Waals surface area contributed by atoms with Gasteiger partial charge in [-0.15, -0.1) is 0 Å². The number of hydrogen-bond donors (Lipinski definition) is 2. The molecule has 1 fully saturated rings. The molecule has 1 amide bonds. The standard InChI is InChI=1S/C16H24N2O4/c1-3-22-13-5-4-12(10-14(13)20-2)18-15(19)16(11-17)6-8-21-9-7-16/h4-5,10H,3,6-9,11,17H2,1-2H3,(H,18,19). The van der Waals surface area contributed by atoms with Crippen molar-refractivity contribution >= 4 is 11.6 Å². The molecule has 0 aliphatic carbocycles. The summed E-state index contributed by atoms with van der Waals surface area (Å²) in [4.78, 5) is 12.6. The Balaban J connectivity index is 2.13. The Morgan fingerprint density at radius 1 is 1.36 bits per heavy atom. The molecule has 6 heteroatoms. The van der Waals surface area contributed by atoms with Crippen molar-refractivity contribution in [1.82, 2.24) is 0 Å². The topological polar surface area (TPSA) is 82.8 Å². The Bertz CT molecular complexity index is 513. The first-order chi connectivity index (χ1) is 10.6. The first-order valence-electron chi connectivity index (χ1n) is 7.55. The van der Waals surface area contributed by atoms with E-state index in [1.165, 1.54) is 0 Å². The Kier molecular flexibility index (Phi) is 5.63. The lowest BCUT2D eigenvalue weighted by Crippen LogP contribution is -2.46. The number of nitrogens with two attached hydrogens (primary N) is 1. The number of amides is 1. The molecule has 0 radical (unpaired) electrons. The third-order valence-electron chi connectivity index (χ3n) is 4.04. The van der Waals surface area contributed by atoms with Crippen LogP contribution < -0.4 is 20.5 Å². The zero-order valence-corrected chi connectivity index (χ0v) is 13.2. The largest absolute Gasteiger partial charge is 0.493 e. The Labute approximate surface area is 130 Å². The summed E-state index contributed by atoms with van der Waals surface area (Å²) in [6.45, 7) is 3.91. The highest BCUT2D eigenvalue weighted by Gasteiger charge is 2.38. The highest BCUT2D eigenvalue weighted by molar-refractivity contribution is 5.95. The van der Waals surface area contributed by atoms with Crippen LogP contribution >= 0.6 is 0 Å². The molecule has 0 atom stereocenters. The van der Waals surface area contributed by atoms with E-state index in [-0.39, 0.29) is 5.91 Å². The zero-order chi connectivity index (χ0) is 16.0. The fraction of sp³-hybridized carbons (Fsp3) is 0.562. The second kappa shape index (κ2) is 7.47. The quantitative estimate of drug-likeness (QED) is 0.837. The van der Waals surface area contributed by atoms with E-state index >= 15 is 0 Å². The summed E-state index contributed by atoms with van der Waals surface area (Å²) in [5, 5.41) is 2.94. The minimum absolute atomic E-state index is 0.0653. The minimum Gasteiger partial charge on any atom is -0.493 e. The first-order valence-corrected chi connectivity index (χ1v) is 7.55. The maximum absolute atomic E-state index is 12.6. The molecule has 22 heavy (non-hydrogen) atoms. The van der Waals surface area contributed by atoms with Gasteiger partial charge in [-0.05, 0) is 31.9 Å². The van der Waals surface area contributed by atoms with Gasteiger partial charge in [-0.3, -0.25) is 4.79 Å². The molecule has 122 valence electrons. The Morgan fingerprint density at radius 2 is 2.09 bits per heavy atom. The van der Waals surface area contributed by atoms with Gasteiger partial charge in [0.05, 0.1) is 19.1 Å². The van der Waals surface area contributed by atoms with Crippen LogP contribution in [0, 0.1) is 5.41 Å². The summed E-state index contributed by atoms with van der Waals surface area (Å²) in [5.41, 5.74) is 5.97. The second-order valence-corrected chi connectivity index (χ2v) is 5.35. The fourth-order valence-corrected chi connectivity index (χ4v) is 2.57. The summed E-state index contributed by atoms with van der Waals surface area (Å²) in [6.07, 6.45) is 1.28. The number of carbonyl (C=O) groups is 1. The number of ether oxygens (including phenoxy) is 3. The van der Waals surface area contributed by atoms with E-state index in [0.29, 0.717) is 56.4 Å². The summed E-state index contributed by atoms with van der Waals surface area (Å²) >= 11 is 0. The molecule has 1 aliphatic heterocycles. The van der Waals surface area contributed by atoms with Crippen molar-refractivity contribution in [3.63, 3.8) is 0 Å². The molecule has 3 N–H and O–H groups in total. The van der Waals surface area contributed by atoms with Crippen molar-refractivity contribution in [3.05, 3.63) is 18.2 Å². The van der Waals surface area contributed by atoms with Crippen molar-refractivity contribution in [2.24, 2.45) is 11.1 Å². The SMILES string of the molecule is CCOc1ccc(NC(=O)C2(CN)CCOCC2)cc1OC. The van der Waals surface area contributed by atoms with Gasteiger partial charge in [0.1, 0.15) is 0 Å². The van der Waals surface area contributed by atoms with E-state index in [1.807, 2.05) is 6.92 Å². The number of hydrogen-bond acceptors (Lipinski definition) is 5. The van der Waals surface area contributed by atoms with Crippen LogP contribution in [0.1, 0.15) is 19.8 Å². The van der Waals surface area contributed by atoms with Crippen LogP contribution in [0.15, 0.2) is 18.2 Å². The van der Waals surface area contributed by atoms with E-state index in [0.717, 1.165) is 0 Å². The van der Waals surface area contributed by atoms with Gasteiger partial charge in [-0.1, -0.05) is 0 Å². The molecule has 0 aromatic heterocycles. The van der Waals surface area contributed by atoms with E-state index in [1.54, 1.807) is 25.3 Å². The number of rotatable bonds is 6. The molecule has 2 rings (SSSR count). The van der Waals surface area contributed by atoms with E-state index in [9.17, 15) is 4.79 Å². The molecule has 6 nitrogen and oxygen atoms in total. The van der Waals surface area contributed by atoms with E-state index in [4.69, 9.17) is 19.9 Å². The number of benzene rings is 1. The summed E-state index contributed by atoms with van der Waals surface area (Å²) in [6, 6.07) is 5.35. The van der Waals surface area contributed by atoms with Crippen molar-refractivity contribution in [3.8, 4) is 11.5 Å². The third kappa shape index (κ3) is 3.51. The van der Waals surface area contributed by atoms with Gasteiger partial charge < -0.3 is 25.3 Å². The van der Waals surface area contributed by atoms with Gasteiger partial charge in [0.2, 0.25) is 5.91 Å². The van der Waals surface area contributed by atoms with Crippen LogP contribution in [0.2, 0.25) is 0 Å². The predicted molar refractivity (Wildman–Crippen MR) is 84.3 cm³/mol. The van der Waals surface area contributed by atoms with Crippen LogP contribution in [0.5, 0.6) is 11.5 Å². The van der Waals surface area contributed by atoms with Crippen LogP contribution in [0.3, 0.4) is 0 Å². The van der Waals surface area contributed by atoms with Crippen LogP contribution in [-0.4, -0.2) is 39.4 Å². The molecule has 0 spiro atoms. The Morgan fingerprint density at radius 3 is 2.68 bits per heavy atom. The first kappa shape index (κ1) is 16.6. The second-order valence-electron chi connectivity index (χ2n) is 5.35. The normalized spacial score (nSPS) is 16.9. The van der Waals surface area contributed by atoms with Crippen molar-refractivity contribution in [1.29, 1.82) is 0 Å². The average molecular weight is 308 g/mol. The molecule has 0 unspecified atom stereocenters. The van der Waals surface area contributed by atoms with Gasteiger partial charge in [-0.2, -0.15) is 0 Å². The number of methoxy groups -OCH3 is 1. The lowest BCUT2D eigenvalue weighted by atomic mass is 9.79. The minimum atomic E-state index is -0.552. The Hall–Kier alpha value is -1.79. The molecule has 0 bridgehead atoms. The molecular weight excluding hydrogens is 284 g/mol. The lowest BCUT2D eigenvalue weighted by Gasteiger charge is -2.34. The molecule has 1 saturated heterocycles. The number of nitrogens with one attached hydrogen (secondary N) is 1. The smallest absolute Gasteiger partial charge is 0.232 e. The molecule has 1 aromatic carbocycles. The average Bonchev–Trinajstić information content (AvgIpc) is 2.57. The third-order valence-corrected chi connectivity index (χ3v) is 4.04.